The van der Waals surface area contributed by atoms with Gasteiger partial charge in [-0.2, -0.15) is 0 Å². The molecule has 0 atom stereocenters. The Hall–Kier alpha value is -2.19. The molecule has 0 radical (unpaired) electrons. The summed E-state index contributed by atoms with van der Waals surface area (Å²) in [5.74, 6) is 0.0375. The summed E-state index contributed by atoms with van der Waals surface area (Å²) in [7, 11) is -3.83. The van der Waals surface area contributed by atoms with Crippen LogP contribution in [0.15, 0.2) is 41.4 Å². The first kappa shape index (κ1) is 15.2. The van der Waals surface area contributed by atoms with Crippen LogP contribution in [0.5, 0.6) is 0 Å². The van der Waals surface area contributed by atoms with Crippen LogP contribution in [0.25, 0.3) is 0 Å². The van der Waals surface area contributed by atoms with Crippen LogP contribution < -0.4 is 4.72 Å². The Morgan fingerprint density at radius 3 is 2.43 bits per heavy atom. The number of aryl methyl sites for hydroxylation is 1. The SMILES string of the molecule is Cc1cc([N+](=O)[O-])cnc1NS(=O)(=O)c1ccc(Cl)cc1. The molecule has 0 unspecified atom stereocenters. The molecule has 1 N–H and O–H groups in total. The molecule has 2 rings (SSSR count). The zero-order valence-corrected chi connectivity index (χ0v) is 12.4. The lowest BCUT2D eigenvalue weighted by Crippen LogP contribution is -2.14. The molecule has 0 aliphatic rings. The Morgan fingerprint density at radius 1 is 1.29 bits per heavy atom. The van der Waals surface area contributed by atoms with Gasteiger partial charge in [0.15, 0.2) is 0 Å². The van der Waals surface area contributed by atoms with Crippen LogP contribution in [0.3, 0.4) is 0 Å². The number of anilines is 1. The number of rotatable bonds is 4. The van der Waals surface area contributed by atoms with Crippen molar-refractivity contribution in [1.29, 1.82) is 0 Å². The number of aromatic nitrogens is 1. The van der Waals surface area contributed by atoms with Crippen molar-refractivity contribution >= 4 is 33.1 Å². The number of nitrogens with zero attached hydrogens (tertiary/aromatic N) is 2. The number of hydrogen-bond donors (Lipinski definition) is 1. The predicted molar refractivity (Wildman–Crippen MR) is 77.9 cm³/mol. The Morgan fingerprint density at radius 2 is 1.90 bits per heavy atom. The minimum atomic E-state index is -3.83. The molecule has 0 aliphatic carbocycles. The second kappa shape index (κ2) is 5.66. The predicted octanol–water partition coefficient (Wildman–Crippen LogP) is 2.75. The van der Waals surface area contributed by atoms with E-state index in [-0.39, 0.29) is 16.4 Å². The maximum absolute atomic E-state index is 12.2. The van der Waals surface area contributed by atoms with Crippen LogP contribution in [0.1, 0.15) is 5.56 Å². The van der Waals surface area contributed by atoms with Gasteiger partial charge >= 0.3 is 0 Å². The number of sulfonamides is 1. The molecular weight excluding hydrogens is 318 g/mol. The molecule has 0 aliphatic heterocycles. The van der Waals surface area contributed by atoms with Crippen LogP contribution in [0.2, 0.25) is 5.02 Å². The second-order valence-electron chi connectivity index (χ2n) is 4.18. The molecular formula is C12H10ClN3O4S. The number of nitro groups is 1. The summed E-state index contributed by atoms with van der Waals surface area (Å²) in [5.41, 5.74) is 0.142. The van der Waals surface area contributed by atoms with Crippen LogP contribution in [0.4, 0.5) is 11.5 Å². The topological polar surface area (TPSA) is 102 Å². The first-order valence-electron chi connectivity index (χ1n) is 5.69. The molecule has 0 amide bonds. The quantitative estimate of drug-likeness (QED) is 0.687. The number of nitrogens with one attached hydrogen (secondary N) is 1. The highest BCUT2D eigenvalue weighted by Crippen LogP contribution is 2.22. The highest BCUT2D eigenvalue weighted by atomic mass is 35.5. The van der Waals surface area contributed by atoms with Gasteiger partial charge in [0.2, 0.25) is 0 Å². The molecule has 2 aromatic rings. The van der Waals surface area contributed by atoms with Gasteiger partial charge in [0.1, 0.15) is 12.0 Å². The van der Waals surface area contributed by atoms with E-state index >= 15 is 0 Å². The lowest BCUT2D eigenvalue weighted by Gasteiger charge is -2.09. The highest BCUT2D eigenvalue weighted by Gasteiger charge is 2.17. The smallest absolute Gasteiger partial charge is 0.263 e. The van der Waals surface area contributed by atoms with Crippen molar-refractivity contribution in [2.45, 2.75) is 11.8 Å². The van der Waals surface area contributed by atoms with Gasteiger partial charge in [0.25, 0.3) is 15.7 Å². The van der Waals surface area contributed by atoms with Gasteiger partial charge in [0.05, 0.1) is 9.82 Å². The Labute approximate surface area is 125 Å². The molecule has 21 heavy (non-hydrogen) atoms. The first-order chi connectivity index (χ1) is 9.79. The number of benzene rings is 1. The zero-order valence-electron chi connectivity index (χ0n) is 10.8. The monoisotopic (exact) mass is 327 g/mol. The van der Waals surface area contributed by atoms with Gasteiger partial charge in [-0.05, 0) is 36.8 Å². The lowest BCUT2D eigenvalue weighted by molar-refractivity contribution is -0.385. The van der Waals surface area contributed by atoms with Crippen molar-refractivity contribution in [3.8, 4) is 0 Å². The number of pyridine rings is 1. The summed E-state index contributed by atoms with van der Waals surface area (Å²) in [4.78, 5) is 13.8. The van der Waals surface area contributed by atoms with Crippen molar-refractivity contribution in [2.75, 3.05) is 4.72 Å². The van der Waals surface area contributed by atoms with E-state index in [1.54, 1.807) is 0 Å². The maximum atomic E-state index is 12.2. The van der Waals surface area contributed by atoms with Crippen LogP contribution in [-0.2, 0) is 10.0 Å². The van der Waals surface area contributed by atoms with Gasteiger partial charge in [0, 0.05) is 11.1 Å². The van der Waals surface area contributed by atoms with E-state index in [9.17, 15) is 18.5 Å². The van der Waals surface area contributed by atoms with E-state index < -0.39 is 14.9 Å². The third-order valence-electron chi connectivity index (χ3n) is 2.63. The molecule has 0 spiro atoms. The Kier molecular flexibility index (Phi) is 4.10. The summed E-state index contributed by atoms with van der Waals surface area (Å²) in [6, 6.07) is 6.85. The average molecular weight is 328 g/mol. The molecule has 110 valence electrons. The van der Waals surface area contributed by atoms with Crippen LogP contribution in [0, 0.1) is 17.0 Å². The summed E-state index contributed by atoms with van der Waals surface area (Å²) >= 11 is 5.70. The van der Waals surface area contributed by atoms with E-state index in [1.807, 2.05) is 0 Å². The molecule has 1 heterocycles. The van der Waals surface area contributed by atoms with E-state index in [0.717, 1.165) is 6.20 Å². The second-order valence-corrected chi connectivity index (χ2v) is 6.29. The molecule has 9 heteroatoms. The number of hydrogen-bond acceptors (Lipinski definition) is 5. The van der Waals surface area contributed by atoms with Crippen molar-refractivity contribution in [2.24, 2.45) is 0 Å². The Balaban J connectivity index is 2.32. The Bertz CT molecular complexity index is 791. The van der Waals surface area contributed by atoms with Crippen LogP contribution in [-0.4, -0.2) is 18.3 Å². The fourth-order valence-electron chi connectivity index (χ4n) is 1.57. The third-order valence-corrected chi connectivity index (χ3v) is 4.24. The molecule has 0 bridgehead atoms. The molecule has 1 aromatic carbocycles. The van der Waals surface area contributed by atoms with Gasteiger partial charge in [-0.3, -0.25) is 14.8 Å². The normalized spacial score (nSPS) is 11.1. The van der Waals surface area contributed by atoms with E-state index in [2.05, 4.69) is 9.71 Å². The van der Waals surface area contributed by atoms with E-state index in [0.29, 0.717) is 10.6 Å². The largest absolute Gasteiger partial charge is 0.287 e. The number of halogens is 1. The fraction of sp³-hybridized carbons (Fsp3) is 0.0833. The summed E-state index contributed by atoms with van der Waals surface area (Å²) in [6.07, 6.45) is 0.993. The summed E-state index contributed by atoms with van der Waals surface area (Å²) in [6.45, 7) is 1.53. The minimum Gasteiger partial charge on any atom is -0.263 e. The van der Waals surface area contributed by atoms with E-state index in [1.165, 1.54) is 37.3 Å². The van der Waals surface area contributed by atoms with Gasteiger partial charge < -0.3 is 0 Å². The van der Waals surface area contributed by atoms with Gasteiger partial charge in [-0.1, -0.05) is 11.6 Å². The highest BCUT2D eigenvalue weighted by molar-refractivity contribution is 7.92. The maximum Gasteiger partial charge on any atom is 0.287 e. The average Bonchev–Trinajstić information content (AvgIpc) is 2.41. The zero-order chi connectivity index (χ0) is 15.6. The van der Waals surface area contributed by atoms with Gasteiger partial charge in [-0.25, -0.2) is 13.4 Å². The molecule has 0 saturated heterocycles. The van der Waals surface area contributed by atoms with Crippen LogP contribution >= 0.6 is 11.6 Å². The van der Waals surface area contributed by atoms with Crippen molar-refractivity contribution in [3.63, 3.8) is 0 Å². The molecule has 7 nitrogen and oxygen atoms in total. The molecule has 0 fully saturated rings. The van der Waals surface area contributed by atoms with Crippen molar-refractivity contribution in [1.82, 2.24) is 4.98 Å². The standard InChI is InChI=1S/C12H10ClN3O4S/c1-8-6-10(16(17)18)7-14-12(8)15-21(19,20)11-4-2-9(13)3-5-11/h2-7H,1H3,(H,14,15). The van der Waals surface area contributed by atoms with Gasteiger partial charge in [-0.15, -0.1) is 0 Å². The lowest BCUT2D eigenvalue weighted by atomic mass is 10.3. The summed E-state index contributed by atoms with van der Waals surface area (Å²) < 4.78 is 26.6. The molecule has 1 aromatic heterocycles. The van der Waals surface area contributed by atoms with E-state index in [4.69, 9.17) is 11.6 Å². The molecule has 0 saturated carbocycles. The summed E-state index contributed by atoms with van der Waals surface area (Å²) in [5, 5.41) is 11.0. The minimum absolute atomic E-state index is 0.0199. The fourth-order valence-corrected chi connectivity index (χ4v) is 2.77. The third kappa shape index (κ3) is 3.47. The van der Waals surface area contributed by atoms with Crippen molar-refractivity contribution in [3.05, 3.63) is 57.2 Å². The van der Waals surface area contributed by atoms with Crippen molar-refractivity contribution < 1.29 is 13.3 Å². The first-order valence-corrected chi connectivity index (χ1v) is 7.55.